The molecule has 2 rings (SSSR count). The summed E-state index contributed by atoms with van der Waals surface area (Å²) in [7, 11) is 1.53. The van der Waals surface area contributed by atoms with Crippen molar-refractivity contribution in [1.82, 2.24) is 5.32 Å². The Hall–Kier alpha value is -1.53. The standard InChI is InChI=1S/C19H22Cl2FNO3/c1-3-15(10-24)23-9-12-6-17(21)19(18(7-12)25-2)26-11-13-4-5-14(22)8-16(13)20/h4-8,15,23-24H,3,9-11H2,1-2H3/t15-/m1/s1. The Balaban J connectivity index is 2.13. The van der Waals surface area contributed by atoms with Gasteiger partial charge in [0.25, 0.3) is 0 Å². The summed E-state index contributed by atoms with van der Waals surface area (Å²) < 4.78 is 24.3. The molecule has 2 aromatic rings. The van der Waals surface area contributed by atoms with Gasteiger partial charge in [0.1, 0.15) is 12.4 Å². The van der Waals surface area contributed by atoms with E-state index in [-0.39, 0.29) is 24.3 Å². The summed E-state index contributed by atoms with van der Waals surface area (Å²) in [5.74, 6) is 0.483. The Morgan fingerprint density at radius 3 is 2.58 bits per heavy atom. The predicted molar refractivity (Wildman–Crippen MR) is 102 cm³/mol. The van der Waals surface area contributed by atoms with Crippen molar-refractivity contribution in [2.75, 3.05) is 13.7 Å². The summed E-state index contributed by atoms with van der Waals surface area (Å²) in [6.45, 7) is 2.74. The first-order valence-electron chi connectivity index (χ1n) is 8.25. The van der Waals surface area contributed by atoms with E-state index in [2.05, 4.69) is 5.32 Å². The van der Waals surface area contributed by atoms with Crippen LogP contribution in [-0.4, -0.2) is 24.9 Å². The molecule has 0 aliphatic heterocycles. The normalized spacial score (nSPS) is 12.1. The molecule has 0 aliphatic carbocycles. The van der Waals surface area contributed by atoms with Gasteiger partial charge in [0.2, 0.25) is 0 Å². The van der Waals surface area contributed by atoms with Crippen molar-refractivity contribution >= 4 is 23.2 Å². The molecule has 4 nitrogen and oxygen atoms in total. The Labute approximate surface area is 162 Å². The van der Waals surface area contributed by atoms with E-state index < -0.39 is 5.82 Å². The largest absolute Gasteiger partial charge is 0.493 e. The van der Waals surface area contributed by atoms with E-state index >= 15 is 0 Å². The van der Waals surface area contributed by atoms with Crippen molar-refractivity contribution in [1.29, 1.82) is 0 Å². The first-order chi connectivity index (χ1) is 12.5. The van der Waals surface area contributed by atoms with Gasteiger partial charge in [-0.1, -0.05) is 36.2 Å². The van der Waals surface area contributed by atoms with Crippen molar-refractivity contribution in [3.8, 4) is 11.5 Å². The molecule has 0 bridgehead atoms. The molecule has 0 aliphatic rings. The molecular weight excluding hydrogens is 380 g/mol. The maximum absolute atomic E-state index is 13.1. The van der Waals surface area contributed by atoms with Crippen LogP contribution in [0.2, 0.25) is 10.0 Å². The maximum atomic E-state index is 13.1. The first-order valence-corrected chi connectivity index (χ1v) is 9.01. The quantitative estimate of drug-likeness (QED) is 0.645. The summed E-state index contributed by atoms with van der Waals surface area (Å²) in [5.41, 5.74) is 1.55. The second kappa shape index (κ2) is 9.97. The highest BCUT2D eigenvalue weighted by molar-refractivity contribution is 6.32. The van der Waals surface area contributed by atoms with Crippen molar-refractivity contribution in [3.63, 3.8) is 0 Å². The molecule has 1 atom stereocenters. The van der Waals surface area contributed by atoms with Gasteiger partial charge < -0.3 is 19.9 Å². The van der Waals surface area contributed by atoms with Gasteiger partial charge in [-0.2, -0.15) is 0 Å². The summed E-state index contributed by atoms with van der Waals surface area (Å²) in [6, 6.07) is 7.75. The number of aliphatic hydroxyl groups is 1. The van der Waals surface area contributed by atoms with E-state index in [0.717, 1.165) is 12.0 Å². The molecular formula is C19H22Cl2FNO3. The van der Waals surface area contributed by atoms with Crippen molar-refractivity contribution in [2.45, 2.75) is 32.5 Å². The van der Waals surface area contributed by atoms with Gasteiger partial charge in [0, 0.05) is 18.2 Å². The van der Waals surface area contributed by atoms with E-state index in [9.17, 15) is 9.50 Å². The molecule has 7 heteroatoms. The second-order valence-electron chi connectivity index (χ2n) is 5.80. The molecule has 0 unspecified atom stereocenters. The smallest absolute Gasteiger partial charge is 0.180 e. The molecule has 2 aromatic carbocycles. The van der Waals surface area contributed by atoms with Crippen LogP contribution in [0.15, 0.2) is 30.3 Å². The number of aliphatic hydroxyl groups excluding tert-OH is 1. The van der Waals surface area contributed by atoms with Gasteiger partial charge in [-0.25, -0.2) is 4.39 Å². The lowest BCUT2D eigenvalue weighted by atomic mass is 10.1. The van der Waals surface area contributed by atoms with Gasteiger partial charge in [0.05, 0.1) is 23.8 Å². The van der Waals surface area contributed by atoms with Crippen LogP contribution in [0.1, 0.15) is 24.5 Å². The summed E-state index contributed by atoms with van der Waals surface area (Å²) in [4.78, 5) is 0. The molecule has 26 heavy (non-hydrogen) atoms. The fraction of sp³-hybridized carbons (Fsp3) is 0.368. The molecule has 0 spiro atoms. The predicted octanol–water partition coefficient (Wildman–Crippen LogP) is 4.58. The third kappa shape index (κ3) is 5.48. The van der Waals surface area contributed by atoms with Crippen LogP contribution < -0.4 is 14.8 Å². The highest BCUT2D eigenvalue weighted by Crippen LogP contribution is 2.37. The van der Waals surface area contributed by atoms with Gasteiger partial charge in [-0.3, -0.25) is 0 Å². The van der Waals surface area contributed by atoms with Crippen LogP contribution >= 0.6 is 23.2 Å². The molecule has 0 amide bonds. The fourth-order valence-electron chi connectivity index (χ4n) is 2.40. The topological polar surface area (TPSA) is 50.7 Å². The number of halogens is 3. The number of hydrogen-bond donors (Lipinski definition) is 2. The number of hydrogen-bond acceptors (Lipinski definition) is 4. The number of methoxy groups -OCH3 is 1. The van der Waals surface area contributed by atoms with Crippen LogP contribution in [0.5, 0.6) is 11.5 Å². The fourth-order valence-corrected chi connectivity index (χ4v) is 2.91. The van der Waals surface area contributed by atoms with Gasteiger partial charge >= 0.3 is 0 Å². The highest BCUT2D eigenvalue weighted by Gasteiger charge is 2.14. The Morgan fingerprint density at radius 2 is 1.96 bits per heavy atom. The van der Waals surface area contributed by atoms with Crippen LogP contribution in [-0.2, 0) is 13.2 Å². The third-order valence-electron chi connectivity index (χ3n) is 3.98. The minimum Gasteiger partial charge on any atom is -0.493 e. The number of benzene rings is 2. The first kappa shape index (κ1) is 20.8. The van der Waals surface area contributed by atoms with E-state index in [1.165, 1.54) is 19.2 Å². The molecule has 0 saturated heterocycles. The molecule has 0 radical (unpaired) electrons. The Morgan fingerprint density at radius 1 is 1.19 bits per heavy atom. The number of ether oxygens (including phenoxy) is 2. The average molecular weight is 402 g/mol. The molecule has 0 aromatic heterocycles. The monoisotopic (exact) mass is 401 g/mol. The maximum Gasteiger partial charge on any atom is 0.180 e. The lowest BCUT2D eigenvalue weighted by Crippen LogP contribution is -2.31. The van der Waals surface area contributed by atoms with E-state index in [1.54, 1.807) is 12.1 Å². The van der Waals surface area contributed by atoms with Crippen LogP contribution in [0.3, 0.4) is 0 Å². The minimum absolute atomic E-state index is 0.0244. The SMILES string of the molecule is CC[C@H](CO)NCc1cc(Cl)c(OCc2ccc(F)cc2Cl)c(OC)c1. The lowest BCUT2D eigenvalue weighted by Gasteiger charge is -2.17. The van der Waals surface area contributed by atoms with Crippen molar-refractivity contribution in [3.05, 3.63) is 57.3 Å². The van der Waals surface area contributed by atoms with Crippen LogP contribution in [0.25, 0.3) is 0 Å². The molecule has 0 saturated carbocycles. The van der Waals surface area contributed by atoms with Gasteiger partial charge in [-0.15, -0.1) is 0 Å². The lowest BCUT2D eigenvalue weighted by molar-refractivity contribution is 0.238. The molecule has 2 N–H and O–H groups in total. The zero-order valence-electron chi connectivity index (χ0n) is 14.7. The molecule has 0 heterocycles. The zero-order chi connectivity index (χ0) is 19.1. The summed E-state index contributed by atoms with van der Waals surface area (Å²) in [5, 5.41) is 13.2. The van der Waals surface area contributed by atoms with Gasteiger partial charge in [0.15, 0.2) is 11.5 Å². The minimum atomic E-state index is -0.403. The Bertz CT molecular complexity index is 739. The number of rotatable bonds is 9. The van der Waals surface area contributed by atoms with Crippen molar-refractivity contribution < 1.29 is 19.0 Å². The highest BCUT2D eigenvalue weighted by atomic mass is 35.5. The number of nitrogens with one attached hydrogen (secondary N) is 1. The average Bonchev–Trinajstić information content (AvgIpc) is 2.62. The van der Waals surface area contributed by atoms with Crippen molar-refractivity contribution in [2.24, 2.45) is 0 Å². The zero-order valence-corrected chi connectivity index (χ0v) is 16.2. The summed E-state index contributed by atoms with van der Waals surface area (Å²) in [6.07, 6.45) is 0.820. The summed E-state index contributed by atoms with van der Waals surface area (Å²) >= 11 is 12.4. The van der Waals surface area contributed by atoms with Crippen LogP contribution in [0, 0.1) is 5.82 Å². The molecule has 0 fully saturated rings. The Kier molecular flexibility index (Phi) is 7.97. The van der Waals surface area contributed by atoms with E-state index in [1.807, 2.05) is 13.0 Å². The third-order valence-corrected chi connectivity index (χ3v) is 4.62. The molecule has 142 valence electrons. The van der Waals surface area contributed by atoms with E-state index in [0.29, 0.717) is 28.6 Å². The second-order valence-corrected chi connectivity index (χ2v) is 6.62. The van der Waals surface area contributed by atoms with Gasteiger partial charge in [-0.05, 0) is 36.2 Å². The van der Waals surface area contributed by atoms with E-state index in [4.69, 9.17) is 32.7 Å². The van der Waals surface area contributed by atoms with Crippen LogP contribution in [0.4, 0.5) is 4.39 Å².